The highest BCUT2D eigenvalue weighted by molar-refractivity contribution is 7.99. The summed E-state index contributed by atoms with van der Waals surface area (Å²) in [6.45, 7) is 0.823. The minimum Gasteiger partial charge on any atom is -0.384 e. The summed E-state index contributed by atoms with van der Waals surface area (Å²) in [4.78, 5) is 6.89. The van der Waals surface area contributed by atoms with Gasteiger partial charge in [0.05, 0.1) is 11.4 Å². The quantitative estimate of drug-likeness (QED) is 0.785. The van der Waals surface area contributed by atoms with Crippen LogP contribution >= 0.6 is 23.4 Å². The first-order valence-corrected chi connectivity index (χ1v) is 8.01. The van der Waals surface area contributed by atoms with Gasteiger partial charge in [-0.15, -0.1) is 0 Å². The highest BCUT2D eigenvalue weighted by Gasteiger charge is 2.22. The molecule has 0 aliphatic carbocycles. The van der Waals surface area contributed by atoms with Gasteiger partial charge in [-0.05, 0) is 42.6 Å². The van der Waals surface area contributed by atoms with E-state index < -0.39 is 0 Å². The number of anilines is 2. The van der Waals surface area contributed by atoms with Crippen LogP contribution in [-0.4, -0.2) is 25.5 Å². The van der Waals surface area contributed by atoms with Gasteiger partial charge >= 0.3 is 0 Å². The summed E-state index contributed by atoms with van der Waals surface area (Å²) >= 11 is 7.99. The summed E-state index contributed by atoms with van der Waals surface area (Å²) in [5, 5.41) is 0.773. The van der Waals surface area contributed by atoms with Crippen molar-refractivity contribution in [2.24, 2.45) is 0 Å². The van der Waals surface area contributed by atoms with Crippen LogP contribution in [0.3, 0.4) is 0 Å². The molecule has 0 spiro atoms. The van der Waals surface area contributed by atoms with Gasteiger partial charge < -0.3 is 9.80 Å². The topological polar surface area (TPSA) is 6.48 Å². The minimum absolute atomic E-state index is 0.773. The fraction of sp³-hybridized carbons (Fsp3) is 0.176. The number of fused-ring (bicyclic) bond motifs is 2. The van der Waals surface area contributed by atoms with Crippen molar-refractivity contribution in [3.05, 3.63) is 59.8 Å². The second-order valence-electron chi connectivity index (χ2n) is 5.14. The van der Waals surface area contributed by atoms with Gasteiger partial charge in [0.15, 0.2) is 0 Å². The van der Waals surface area contributed by atoms with Crippen molar-refractivity contribution in [3.63, 3.8) is 0 Å². The maximum Gasteiger partial charge on any atom is 0.0570 e. The van der Waals surface area contributed by atoms with Crippen molar-refractivity contribution in [2.45, 2.75) is 9.79 Å². The predicted octanol–water partition coefficient (Wildman–Crippen LogP) is 5.02. The summed E-state index contributed by atoms with van der Waals surface area (Å²) in [6, 6.07) is 14.6. The number of para-hydroxylation sites is 1. The molecular formula is C17H17ClN2S. The van der Waals surface area contributed by atoms with Gasteiger partial charge in [0.2, 0.25) is 0 Å². The van der Waals surface area contributed by atoms with Crippen LogP contribution in [0.25, 0.3) is 0 Å². The van der Waals surface area contributed by atoms with Crippen LogP contribution in [0.4, 0.5) is 11.4 Å². The molecule has 0 amide bonds. The Labute approximate surface area is 135 Å². The molecule has 2 nitrogen and oxygen atoms in total. The molecular weight excluding hydrogens is 300 g/mol. The number of halogens is 1. The lowest BCUT2D eigenvalue weighted by Crippen LogP contribution is -2.21. The lowest BCUT2D eigenvalue weighted by molar-refractivity contribution is 0.562. The molecule has 1 aliphatic rings. The van der Waals surface area contributed by atoms with E-state index in [9.17, 15) is 0 Å². The zero-order valence-corrected chi connectivity index (χ0v) is 13.7. The van der Waals surface area contributed by atoms with E-state index in [0.29, 0.717) is 0 Å². The Morgan fingerprint density at radius 2 is 1.86 bits per heavy atom. The van der Waals surface area contributed by atoms with E-state index in [0.717, 1.165) is 11.6 Å². The minimum atomic E-state index is 0.773. The second-order valence-corrected chi connectivity index (χ2v) is 6.66. The van der Waals surface area contributed by atoms with Crippen molar-refractivity contribution in [1.82, 2.24) is 4.90 Å². The third kappa shape index (κ3) is 3.04. The maximum absolute atomic E-state index is 6.19. The van der Waals surface area contributed by atoms with E-state index in [1.807, 2.05) is 31.1 Å². The van der Waals surface area contributed by atoms with E-state index in [1.54, 1.807) is 11.8 Å². The molecule has 4 heteroatoms. The number of hydrogen-bond donors (Lipinski definition) is 0. The molecule has 0 saturated carbocycles. The first-order chi connectivity index (χ1) is 10.1. The van der Waals surface area contributed by atoms with Crippen molar-refractivity contribution in [2.75, 3.05) is 25.5 Å². The maximum atomic E-state index is 6.19. The van der Waals surface area contributed by atoms with Gasteiger partial charge in [0.25, 0.3) is 0 Å². The molecule has 1 aliphatic heterocycles. The summed E-state index contributed by atoms with van der Waals surface area (Å²) in [5.74, 6) is 0. The van der Waals surface area contributed by atoms with Crippen LogP contribution in [0.2, 0.25) is 5.02 Å². The third-order valence-electron chi connectivity index (χ3n) is 3.28. The molecule has 108 valence electrons. The van der Waals surface area contributed by atoms with Gasteiger partial charge in [-0.25, -0.2) is 0 Å². The molecule has 0 atom stereocenters. The SMILES string of the molecule is CN(C)/C=C\CN1c2ccccc2Sc2ccc(Cl)cc21. The smallest absolute Gasteiger partial charge is 0.0570 e. The number of benzene rings is 2. The molecule has 2 aromatic rings. The van der Waals surface area contributed by atoms with E-state index in [4.69, 9.17) is 11.6 Å². The zero-order valence-electron chi connectivity index (χ0n) is 12.1. The first kappa shape index (κ1) is 14.4. The van der Waals surface area contributed by atoms with Crippen LogP contribution in [-0.2, 0) is 0 Å². The molecule has 3 rings (SSSR count). The van der Waals surface area contributed by atoms with Crippen molar-refractivity contribution in [1.29, 1.82) is 0 Å². The van der Waals surface area contributed by atoms with E-state index in [1.165, 1.54) is 21.2 Å². The summed E-state index contributed by atoms with van der Waals surface area (Å²) in [5.41, 5.74) is 2.41. The summed E-state index contributed by atoms with van der Waals surface area (Å²) in [6.07, 6.45) is 4.24. The molecule has 0 unspecified atom stereocenters. The van der Waals surface area contributed by atoms with Crippen molar-refractivity contribution >= 4 is 34.7 Å². The molecule has 0 fully saturated rings. The molecule has 0 bridgehead atoms. The van der Waals surface area contributed by atoms with Gasteiger partial charge in [0.1, 0.15) is 0 Å². The Hall–Kier alpha value is -1.58. The van der Waals surface area contributed by atoms with Crippen molar-refractivity contribution < 1.29 is 0 Å². The molecule has 0 aromatic heterocycles. The number of rotatable bonds is 3. The highest BCUT2D eigenvalue weighted by Crippen LogP contribution is 2.48. The molecule has 0 saturated heterocycles. The van der Waals surface area contributed by atoms with Crippen LogP contribution in [0, 0.1) is 0 Å². The average Bonchev–Trinajstić information content (AvgIpc) is 2.46. The monoisotopic (exact) mass is 316 g/mol. The largest absolute Gasteiger partial charge is 0.384 e. The van der Waals surface area contributed by atoms with Crippen LogP contribution in [0.5, 0.6) is 0 Å². The van der Waals surface area contributed by atoms with E-state index in [2.05, 4.69) is 47.5 Å². The Balaban J connectivity index is 2.02. The molecule has 1 heterocycles. The lowest BCUT2D eigenvalue weighted by Gasteiger charge is -2.32. The van der Waals surface area contributed by atoms with E-state index >= 15 is 0 Å². The Bertz CT molecular complexity index is 682. The molecule has 0 N–H and O–H groups in total. The predicted molar refractivity (Wildman–Crippen MR) is 91.9 cm³/mol. The first-order valence-electron chi connectivity index (χ1n) is 6.82. The van der Waals surface area contributed by atoms with Gasteiger partial charge in [0, 0.05) is 35.5 Å². The zero-order chi connectivity index (χ0) is 14.8. The average molecular weight is 317 g/mol. The summed E-state index contributed by atoms with van der Waals surface area (Å²) < 4.78 is 0. The number of hydrogen-bond acceptors (Lipinski definition) is 3. The Kier molecular flexibility index (Phi) is 4.13. The van der Waals surface area contributed by atoms with Gasteiger partial charge in [-0.3, -0.25) is 0 Å². The normalized spacial score (nSPS) is 13.2. The van der Waals surface area contributed by atoms with Crippen LogP contribution in [0.15, 0.2) is 64.5 Å². The van der Waals surface area contributed by atoms with Crippen molar-refractivity contribution in [3.8, 4) is 0 Å². The Morgan fingerprint density at radius 1 is 1.10 bits per heavy atom. The molecule has 2 aromatic carbocycles. The summed E-state index contributed by atoms with van der Waals surface area (Å²) in [7, 11) is 4.06. The second kappa shape index (κ2) is 6.04. The van der Waals surface area contributed by atoms with Crippen LogP contribution < -0.4 is 4.90 Å². The van der Waals surface area contributed by atoms with E-state index in [-0.39, 0.29) is 0 Å². The molecule has 21 heavy (non-hydrogen) atoms. The third-order valence-corrected chi connectivity index (χ3v) is 4.64. The highest BCUT2D eigenvalue weighted by atomic mass is 35.5. The fourth-order valence-corrected chi connectivity index (χ4v) is 3.60. The van der Waals surface area contributed by atoms with Gasteiger partial charge in [-0.1, -0.05) is 35.5 Å². The van der Waals surface area contributed by atoms with Crippen LogP contribution in [0.1, 0.15) is 0 Å². The molecule has 0 radical (unpaired) electrons. The Morgan fingerprint density at radius 3 is 2.67 bits per heavy atom. The number of nitrogens with zero attached hydrogens (tertiary/aromatic N) is 2. The lowest BCUT2D eigenvalue weighted by atomic mass is 10.2. The fourth-order valence-electron chi connectivity index (χ4n) is 2.36. The standard InChI is InChI=1S/C17H17ClN2S/c1-19(2)10-5-11-20-14-6-3-4-7-16(14)21-17-9-8-13(18)12-15(17)20/h3-10,12H,11H2,1-2H3/b10-5-. The van der Waals surface area contributed by atoms with Gasteiger partial charge in [-0.2, -0.15) is 0 Å².